The number of benzene rings is 1. The number of likely N-dealkylation sites (N-methyl/N-ethyl adjacent to an activating group) is 1. The highest BCUT2D eigenvalue weighted by Gasteiger charge is 2.13. The molecule has 2 amide bonds. The lowest BCUT2D eigenvalue weighted by molar-refractivity contribution is -0.126. The molecule has 0 aliphatic carbocycles. The molecule has 0 atom stereocenters. The Morgan fingerprint density at radius 1 is 1.23 bits per heavy atom. The minimum atomic E-state index is -0.443. The van der Waals surface area contributed by atoms with Crippen LogP contribution in [0.1, 0.15) is 14.8 Å². The first-order valence-electron chi connectivity index (χ1n) is 7.82. The Labute approximate surface area is 154 Å². The summed E-state index contributed by atoms with van der Waals surface area (Å²) in [5, 5.41) is 13.6. The Hall–Kier alpha value is -2.43. The second kappa shape index (κ2) is 9.90. The molecular formula is C16H20FN5O3S. The number of halogens is 1. The van der Waals surface area contributed by atoms with E-state index in [0.717, 1.165) is 17.9 Å². The van der Waals surface area contributed by atoms with Gasteiger partial charge in [-0.3, -0.25) is 9.59 Å². The van der Waals surface area contributed by atoms with E-state index in [0.29, 0.717) is 17.2 Å². The van der Waals surface area contributed by atoms with Crippen LogP contribution in [0.5, 0.6) is 0 Å². The third-order valence-corrected chi connectivity index (χ3v) is 4.00. The summed E-state index contributed by atoms with van der Waals surface area (Å²) in [7, 11) is 3.84. The summed E-state index contributed by atoms with van der Waals surface area (Å²) < 4.78 is 18.1. The molecule has 1 aromatic heterocycles. The molecule has 1 aromatic carbocycles. The average molecular weight is 381 g/mol. The minimum absolute atomic E-state index is 0.0859. The number of carbonyl (C=O) groups excluding carboxylic acids is 2. The van der Waals surface area contributed by atoms with Crippen molar-refractivity contribution in [3.05, 3.63) is 40.1 Å². The molecule has 0 fully saturated rings. The van der Waals surface area contributed by atoms with E-state index in [4.69, 9.17) is 4.74 Å². The topological polar surface area (TPSA) is 96.5 Å². The maximum absolute atomic E-state index is 12.9. The van der Waals surface area contributed by atoms with E-state index >= 15 is 0 Å². The van der Waals surface area contributed by atoms with Crippen molar-refractivity contribution in [1.82, 2.24) is 20.4 Å². The Bertz CT molecular complexity index is 736. The Morgan fingerprint density at radius 2 is 1.96 bits per heavy atom. The van der Waals surface area contributed by atoms with E-state index in [1.165, 1.54) is 24.3 Å². The molecule has 0 saturated carbocycles. The SMILES string of the molecule is CN(C)CCNC(=O)COCc1nnc(C(=O)Nc2ccc(F)cc2)s1. The van der Waals surface area contributed by atoms with Crippen molar-refractivity contribution < 1.29 is 18.7 Å². The summed E-state index contributed by atoms with van der Waals surface area (Å²) in [5.74, 6) is -1.04. The zero-order valence-corrected chi connectivity index (χ0v) is 15.3. The van der Waals surface area contributed by atoms with Crippen molar-refractivity contribution in [2.24, 2.45) is 0 Å². The summed E-state index contributed by atoms with van der Waals surface area (Å²) in [5.41, 5.74) is 0.457. The molecule has 1 heterocycles. The fourth-order valence-corrected chi connectivity index (χ4v) is 2.49. The van der Waals surface area contributed by atoms with Crippen molar-refractivity contribution >= 4 is 28.8 Å². The summed E-state index contributed by atoms with van der Waals surface area (Å²) >= 11 is 1.07. The Morgan fingerprint density at radius 3 is 2.65 bits per heavy atom. The first-order valence-corrected chi connectivity index (χ1v) is 8.64. The van der Waals surface area contributed by atoms with Gasteiger partial charge in [0.05, 0.1) is 0 Å². The van der Waals surface area contributed by atoms with Crippen molar-refractivity contribution in [3.8, 4) is 0 Å². The normalized spacial score (nSPS) is 10.8. The molecular weight excluding hydrogens is 361 g/mol. The quantitative estimate of drug-likeness (QED) is 0.676. The van der Waals surface area contributed by atoms with E-state index in [-0.39, 0.29) is 29.9 Å². The highest BCUT2D eigenvalue weighted by atomic mass is 32.1. The highest BCUT2D eigenvalue weighted by molar-refractivity contribution is 7.13. The van der Waals surface area contributed by atoms with E-state index in [1.807, 2.05) is 19.0 Å². The lowest BCUT2D eigenvalue weighted by atomic mass is 10.3. The molecule has 0 aliphatic rings. The number of rotatable bonds is 9. The minimum Gasteiger partial charge on any atom is -0.364 e. The summed E-state index contributed by atoms with van der Waals surface area (Å²) in [6, 6.07) is 5.40. The fraction of sp³-hybridized carbons (Fsp3) is 0.375. The van der Waals surface area contributed by atoms with Crippen LogP contribution in [0, 0.1) is 5.82 Å². The number of ether oxygens (including phenoxy) is 1. The molecule has 8 nitrogen and oxygen atoms in total. The molecule has 0 unspecified atom stereocenters. The van der Waals surface area contributed by atoms with Crippen LogP contribution in [0.15, 0.2) is 24.3 Å². The monoisotopic (exact) mass is 381 g/mol. The number of nitrogens with zero attached hydrogens (tertiary/aromatic N) is 3. The zero-order valence-electron chi connectivity index (χ0n) is 14.5. The summed E-state index contributed by atoms with van der Waals surface area (Å²) in [6.45, 7) is 1.28. The van der Waals surface area contributed by atoms with Crippen LogP contribution < -0.4 is 10.6 Å². The van der Waals surface area contributed by atoms with E-state index < -0.39 is 5.91 Å². The number of carbonyl (C=O) groups is 2. The van der Waals surface area contributed by atoms with Crippen LogP contribution in [-0.2, 0) is 16.1 Å². The van der Waals surface area contributed by atoms with Gasteiger partial charge in [-0.1, -0.05) is 11.3 Å². The first-order chi connectivity index (χ1) is 12.4. The molecule has 10 heteroatoms. The van der Waals surface area contributed by atoms with E-state index in [2.05, 4.69) is 20.8 Å². The second-order valence-electron chi connectivity index (χ2n) is 5.61. The van der Waals surface area contributed by atoms with Gasteiger partial charge in [0.2, 0.25) is 10.9 Å². The van der Waals surface area contributed by atoms with Crippen LogP contribution in [-0.4, -0.2) is 60.7 Å². The number of hydrogen-bond donors (Lipinski definition) is 2. The van der Waals surface area contributed by atoms with Crippen LogP contribution in [0.25, 0.3) is 0 Å². The van der Waals surface area contributed by atoms with Gasteiger partial charge < -0.3 is 20.3 Å². The van der Waals surface area contributed by atoms with Crippen molar-refractivity contribution in [2.45, 2.75) is 6.61 Å². The van der Waals surface area contributed by atoms with Gasteiger partial charge >= 0.3 is 0 Å². The van der Waals surface area contributed by atoms with Crippen LogP contribution in [0.3, 0.4) is 0 Å². The number of hydrogen-bond acceptors (Lipinski definition) is 7. The molecule has 2 rings (SSSR count). The first kappa shape index (κ1) is 19.9. The predicted octanol–water partition coefficient (Wildman–Crippen LogP) is 1.12. The fourth-order valence-electron chi connectivity index (χ4n) is 1.82. The van der Waals surface area contributed by atoms with Gasteiger partial charge in [-0.2, -0.15) is 0 Å². The highest BCUT2D eigenvalue weighted by Crippen LogP contribution is 2.14. The van der Waals surface area contributed by atoms with Gasteiger partial charge in [0, 0.05) is 18.8 Å². The molecule has 2 N–H and O–H groups in total. The largest absolute Gasteiger partial charge is 0.364 e. The van der Waals surface area contributed by atoms with Gasteiger partial charge in [-0.05, 0) is 38.4 Å². The number of aromatic nitrogens is 2. The van der Waals surface area contributed by atoms with Crippen LogP contribution in [0.2, 0.25) is 0 Å². The standard InChI is InChI=1S/C16H20FN5O3S/c1-22(2)8-7-18-13(23)9-25-10-14-20-21-16(26-14)15(24)19-12-5-3-11(17)4-6-12/h3-6H,7-10H2,1-2H3,(H,18,23)(H,19,24). The van der Waals surface area contributed by atoms with E-state index in [9.17, 15) is 14.0 Å². The summed E-state index contributed by atoms with van der Waals surface area (Å²) in [6.07, 6.45) is 0. The third kappa shape index (κ3) is 6.82. The molecule has 2 aromatic rings. The Kier molecular flexibility index (Phi) is 7.57. The smallest absolute Gasteiger partial charge is 0.286 e. The zero-order chi connectivity index (χ0) is 18.9. The van der Waals surface area contributed by atoms with Crippen molar-refractivity contribution in [1.29, 1.82) is 0 Å². The van der Waals surface area contributed by atoms with Gasteiger partial charge in [-0.25, -0.2) is 4.39 Å². The van der Waals surface area contributed by atoms with Gasteiger partial charge in [-0.15, -0.1) is 10.2 Å². The lowest BCUT2D eigenvalue weighted by Gasteiger charge is -2.10. The van der Waals surface area contributed by atoms with Gasteiger partial charge in [0.15, 0.2) is 0 Å². The predicted molar refractivity (Wildman–Crippen MR) is 95.5 cm³/mol. The molecule has 26 heavy (non-hydrogen) atoms. The van der Waals surface area contributed by atoms with Gasteiger partial charge in [0.1, 0.15) is 24.0 Å². The maximum Gasteiger partial charge on any atom is 0.286 e. The molecule has 0 spiro atoms. The summed E-state index contributed by atoms with van der Waals surface area (Å²) in [4.78, 5) is 25.6. The molecule has 0 radical (unpaired) electrons. The Balaban J connectivity index is 1.74. The number of nitrogens with one attached hydrogen (secondary N) is 2. The van der Waals surface area contributed by atoms with Crippen molar-refractivity contribution in [3.63, 3.8) is 0 Å². The van der Waals surface area contributed by atoms with Crippen LogP contribution >= 0.6 is 11.3 Å². The molecule has 0 saturated heterocycles. The number of amides is 2. The second-order valence-corrected chi connectivity index (χ2v) is 6.67. The van der Waals surface area contributed by atoms with E-state index in [1.54, 1.807) is 0 Å². The lowest BCUT2D eigenvalue weighted by Crippen LogP contribution is -2.33. The molecule has 0 bridgehead atoms. The molecule has 0 aliphatic heterocycles. The van der Waals surface area contributed by atoms with Crippen molar-refractivity contribution in [2.75, 3.05) is 39.1 Å². The maximum atomic E-state index is 12.9. The van der Waals surface area contributed by atoms with Crippen LogP contribution in [0.4, 0.5) is 10.1 Å². The number of anilines is 1. The third-order valence-electron chi connectivity index (χ3n) is 3.10. The average Bonchev–Trinajstić information content (AvgIpc) is 3.05. The van der Waals surface area contributed by atoms with Gasteiger partial charge in [0.25, 0.3) is 5.91 Å². The molecule has 140 valence electrons.